The average Bonchev–Trinajstić information content (AvgIpc) is 2.13. The lowest BCUT2D eigenvalue weighted by atomic mass is 10.2. The molecule has 0 rings (SSSR count). The Morgan fingerprint density at radius 1 is 1.12 bits per heavy atom. The summed E-state index contributed by atoms with van der Waals surface area (Å²) in [6, 6.07) is 0. The van der Waals surface area contributed by atoms with Gasteiger partial charge in [0.05, 0.1) is 6.42 Å². The predicted octanol–water partition coefficient (Wildman–Crippen LogP) is 3.80. The van der Waals surface area contributed by atoms with Gasteiger partial charge in [-0.2, -0.15) is 0 Å². The molecule has 0 saturated heterocycles. The SMILES string of the molecule is C=CC/C=C\C/C=C\CC(=O)OC(C)(C)C. The number of rotatable bonds is 6. The van der Waals surface area contributed by atoms with Crippen molar-refractivity contribution in [3.05, 3.63) is 37.0 Å². The monoisotopic (exact) mass is 222 g/mol. The van der Waals surface area contributed by atoms with E-state index in [1.54, 1.807) is 0 Å². The Kier molecular flexibility index (Phi) is 7.27. The van der Waals surface area contributed by atoms with Crippen LogP contribution in [-0.2, 0) is 9.53 Å². The summed E-state index contributed by atoms with van der Waals surface area (Å²) >= 11 is 0. The molecule has 0 amide bonds. The fourth-order valence-electron chi connectivity index (χ4n) is 1.03. The molecule has 0 aromatic carbocycles. The second kappa shape index (κ2) is 7.91. The number of carbonyl (C=O) groups is 1. The van der Waals surface area contributed by atoms with Gasteiger partial charge >= 0.3 is 5.97 Å². The van der Waals surface area contributed by atoms with Gasteiger partial charge < -0.3 is 4.74 Å². The molecule has 0 radical (unpaired) electrons. The smallest absolute Gasteiger partial charge is 0.310 e. The first kappa shape index (κ1) is 14.7. The van der Waals surface area contributed by atoms with Gasteiger partial charge in [0.15, 0.2) is 0 Å². The maximum Gasteiger partial charge on any atom is 0.310 e. The van der Waals surface area contributed by atoms with E-state index in [0.717, 1.165) is 12.8 Å². The van der Waals surface area contributed by atoms with Gasteiger partial charge in [0.25, 0.3) is 0 Å². The van der Waals surface area contributed by atoms with Crippen LogP contribution < -0.4 is 0 Å². The normalized spacial score (nSPS) is 12.2. The van der Waals surface area contributed by atoms with Crippen molar-refractivity contribution in [2.45, 2.75) is 45.6 Å². The van der Waals surface area contributed by atoms with E-state index in [-0.39, 0.29) is 5.97 Å². The van der Waals surface area contributed by atoms with Gasteiger partial charge in [-0.1, -0.05) is 30.4 Å². The quantitative estimate of drug-likeness (QED) is 0.505. The zero-order chi connectivity index (χ0) is 12.4. The van der Waals surface area contributed by atoms with E-state index in [9.17, 15) is 4.79 Å². The highest BCUT2D eigenvalue weighted by Crippen LogP contribution is 2.08. The van der Waals surface area contributed by atoms with Crippen LogP contribution in [0.1, 0.15) is 40.0 Å². The molecule has 0 heterocycles. The standard InChI is InChI=1S/C14H22O2/c1-5-6-7-8-9-10-11-12-13(15)16-14(2,3)4/h5,7-8,10-11H,1,6,9,12H2,2-4H3/b8-7-,11-10-. The van der Waals surface area contributed by atoms with Crippen LogP contribution in [0.5, 0.6) is 0 Å². The minimum Gasteiger partial charge on any atom is -0.460 e. The van der Waals surface area contributed by atoms with Crippen LogP contribution in [0.15, 0.2) is 37.0 Å². The molecule has 2 nitrogen and oxygen atoms in total. The number of hydrogen-bond acceptors (Lipinski definition) is 2. The van der Waals surface area contributed by atoms with Gasteiger partial charge in [0.2, 0.25) is 0 Å². The zero-order valence-electron chi connectivity index (χ0n) is 10.5. The van der Waals surface area contributed by atoms with E-state index < -0.39 is 5.60 Å². The van der Waals surface area contributed by atoms with Crippen molar-refractivity contribution in [1.29, 1.82) is 0 Å². The Morgan fingerprint density at radius 2 is 1.69 bits per heavy atom. The van der Waals surface area contributed by atoms with Crippen molar-refractivity contribution in [3.63, 3.8) is 0 Å². The van der Waals surface area contributed by atoms with E-state index >= 15 is 0 Å². The molecule has 0 aromatic heterocycles. The maximum atomic E-state index is 11.3. The van der Waals surface area contributed by atoms with Crippen LogP contribution in [0.25, 0.3) is 0 Å². The Labute approximate surface area is 98.7 Å². The van der Waals surface area contributed by atoms with Gasteiger partial charge in [0.1, 0.15) is 5.60 Å². The highest BCUT2D eigenvalue weighted by Gasteiger charge is 2.14. The molecule has 0 N–H and O–H groups in total. The fraction of sp³-hybridized carbons (Fsp3) is 0.500. The van der Waals surface area contributed by atoms with Crippen molar-refractivity contribution in [3.8, 4) is 0 Å². The van der Waals surface area contributed by atoms with Gasteiger partial charge in [-0.15, -0.1) is 6.58 Å². The zero-order valence-corrected chi connectivity index (χ0v) is 10.5. The highest BCUT2D eigenvalue weighted by molar-refractivity contribution is 5.71. The summed E-state index contributed by atoms with van der Waals surface area (Å²) in [5, 5.41) is 0. The van der Waals surface area contributed by atoms with E-state index in [0.29, 0.717) is 6.42 Å². The maximum absolute atomic E-state index is 11.3. The summed E-state index contributed by atoms with van der Waals surface area (Å²) < 4.78 is 5.16. The first-order valence-corrected chi connectivity index (χ1v) is 5.58. The first-order valence-electron chi connectivity index (χ1n) is 5.58. The summed E-state index contributed by atoms with van der Waals surface area (Å²) in [5.41, 5.74) is -0.394. The second-order valence-electron chi connectivity index (χ2n) is 4.49. The molecule has 0 aliphatic rings. The van der Waals surface area contributed by atoms with Gasteiger partial charge in [-0.25, -0.2) is 0 Å². The Morgan fingerprint density at radius 3 is 2.25 bits per heavy atom. The summed E-state index contributed by atoms with van der Waals surface area (Å²) in [4.78, 5) is 11.3. The summed E-state index contributed by atoms with van der Waals surface area (Å²) in [6.45, 7) is 9.22. The molecule has 0 aromatic rings. The molecule has 2 heteroatoms. The molecule has 0 spiro atoms. The van der Waals surface area contributed by atoms with Gasteiger partial charge in [0, 0.05) is 0 Å². The van der Waals surface area contributed by atoms with Gasteiger partial charge in [-0.3, -0.25) is 4.79 Å². The second-order valence-corrected chi connectivity index (χ2v) is 4.49. The molecule has 0 atom stereocenters. The molecule has 16 heavy (non-hydrogen) atoms. The Balaban J connectivity index is 3.67. The van der Waals surface area contributed by atoms with Crippen molar-refractivity contribution in [2.75, 3.05) is 0 Å². The third kappa shape index (κ3) is 10.8. The van der Waals surface area contributed by atoms with E-state index in [1.807, 2.05) is 51.2 Å². The number of ether oxygens (including phenoxy) is 1. The molecule has 0 unspecified atom stereocenters. The van der Waals surface area contributed by atoms with Crippen molar-refractivity contribution in [1.82, 2.24) is 0 Å². The first-order chi connectivity index (χ1) is 7.45. The minimum absolute atomic E-state index is 0.182. The third-order valence-corrected chi connectivity index (χ3v) is 1.61. The minimum atomic E-state index is -0.394. The summed E-state index contributed by atoms with van der Waals surface area (Å²) in [6.07, 6.45) is 11.8. The predicted molar refractivity (Wildman–Crippen MR) is 68.2 cm³/mol. The molecule has 90 valence electrons. The lowest BCUT2D eigenvalue weighted by Gasteiger charge is -2.18. The van der Waals surface area contributed by atoms with Crippen LogP contribution in [-0.4, -0.2) is 11.6 Å². The van der Waals surface area contributed by atoms with Crippen LogP contribution in [0.3, 0.4) is 0 Å². The molecule has 0 bridgehead atoms. The van der Waals surface area contributed by atoms with Crippen LogP contribution in [0.4, 0.5) is 0 Å². The molecule has 0 fully saturated rings. The van der Waals surface area contributed by atoms with Crippen LogP contribution in [0, 0.1) is 0 Å². The number of carbonyl (C=O) groups excluding carboxylic acids is 1. The summed E-state index contributed by atoms with van der Waals surface area (Å²) in [5.74, 6) is -0.182. The van der Waals surface area contributed by atoms with Crippen molar-refractivity contribution in [2.24, 2.45) is 0 Å². The van der Waals surface area contributed by atoms with Crippen LogP contribution >= 0.6 is 0 Å². The number of hydrogen-bond donors (Lipinski definition) is 0. The largest absolute Gasteiger partial charge is 0.460 e. The van der Waals surface area contributed by atoms with Crippen molar-refractivity contribution < 1.29 is 9.53 Å². The lowest BCUT2D eigenvalue weighted by Crippen LogP contribution is -2.23. The Bertz CT molecular complexity index is 267. The number of esters is 1. The molecular weight excluding hydrogens is 200 g/mol. The van der Waals surface area contributed by atoms with E-state index in [1.165, 1.54) is 0 Å². The van der Waals surface area contributed by atoms with Crippen molar-refractivity contribution >= 4 is 5.97 Å². The number of allylic oxidation sites excluding steroid dienone is 4. The highest BCUT2D eigenvalue weighted by atomic mass is 16.6. The topological polar surface area (TPSA) is 26.3 Å². The third-order valence-electron chi connectivity index (χ3n) is 1.61. The van der Waals surface area contributed by atoms with E-state index in [4.69, 9.17) is 4.74 Å². The Hall–Kier alpha value is -1.31. The average molecular weight is 222 g/mol. The lowest BCUT2D eigenvalue weighted by molar-refractivity contribution is -0.153. The molecule has 0 aliphatic heterocycles. The van der Waals surface area contributed by atoms with E-state index in [2.05, 4.69) is 6.58 Å². The molecule has 0 saturated carbocycles. The fourth-order valence-corrected chi connectivity index (χ4v) is 1.03. The summed E-state index contributed by atoms with van der Waals surface area (Å²) in [7, 11) is 0. The molecule has 0 aliphatic carbocycles. The van der Waals surface area contributed by atoms with Gasteiger partial charge in [-0.05, 0) is 33.6 Å². The van der Waals surface area contributed by atoms with Crippen LogP contribution in [0.2, 0.25) is 0 Å². The molecular formula is C14H22O2.